The second kappa shape index (κ2) is 4.86. The van der Waals surface area contributed by atoms with Gasteiger partial charge in [0.2, 0.25) is 0 Å². The van der Waals surface area contributed by atoms with E-state index in [2.05, 4.69) is 9.97 Å². The SMILES string of the molecule is NCc1ccc(OCc2cncs2)cn1. The Kier molecular flexibility index (Phi) is 3.26. The Balaban J connectivity index is 1.93. The average Bonchev–Trinajstić information content (AvgIpc) is 2.80. The van der Waals surface area contributed by atoms with Crippen LogP contribution in [0.4, 0.5) is 0 Å². The minimum absolute atomic E-state index is 0.453. The quantitative estimate of drug-likeness (QED) is 0.851. The van der Waals surface area contributed by atoms with Crippen LogP contribution in [-0.2, 0) is 13.2 Å². The average molecular weight is 221 g/mol. The monoisotopic (exact) mass is 221 g/mol. The van der Waals surface area contributed by atoms with Crippen LogP contribution in [0.15, 0.2) is 30.0 Å². The summed E-state index contributed by atoms with van der Waals surface area (Å²) in [5.41, 5.74) is 8.09. The molecule has 0 aliphatic rings. The molecular weight excluding hydrogens is 210 g/mol. The zero-order chi connectivity index (χ0) is 10.5. The number of hydrogen-bond donors (Lipinski definition) is 1. The highest BCUT2D eigenvalue weighted by atomic mass is 32.1. The molecule has 4 nitrogen and oxygen atoms in total. The summed E-state index contributed by atoms with van der Waals surface area (Å²) >= 11 is 1.57. The van der Waals surface area contributed by atoms with Crippen molar-refractivity contribution < 1.29 is 4.74 Å². The molecule has 5 heteroatoms. The van der Waals surface area contributed by atoms with E-state index < -0.39 is 0 Å². The minimum Gasteiger partial charge on any atom is -0.486 e. The molecule has 0 saturated carbocycles. The Bertz CT molecular complexity index is 399. The van der Waals surface area contributed by atoms with Crippen LogP contribution in [0, 0.1) is 0 Å². The van der Waals surface area contributed by atoms with Crippen molar-refractivity contribution >= 4 is 11.3 Å². The fraction of sp³-hybridized carbons (Fsp3) is 0.200. The number of thiazole rings is 1. The van der Waals surface area contributed by atoms with Gasteiger partial charge in [-0.2, -0.15) is 0 Å². The lowest BCUT2D eigenvalue weighted by atomic mass is 10.3. The van der Waals surface area contributed by atoms with Crippen LogP contribution < -0.4 is 10.5 Å². The Morgan fingerprint density at radius 2 is 2.27 bits per heavy atom. The molecule has 2 aromatic heterocycles. The molecule has 0 unspecified atom stereocenters. The maximum atomic E-state index is 5.52. The highest BCUT2D eigenvalue weighted by molar-refractivity contribution is 7.09. The zero-order valence-corrected chi connectivity index (χ0v) is 8.91. The van der Waals surface area contributed by atoms with Gasteiger partial charge < -0.3 is 10.5 Å². The number of aromatic nitrogens is 2. The summed E-state index contributed by atoms with van der Waals surface area (Å²) in [5.74, 6) is 0.751. The maximum Gasteiger partial charge on any atom is 0.138 e. The second-order valence-electron chi connectivity index (χ2n) is 2.95. The fourth-order valence-corrected chi connectivity index (χ4v) is 1.59. The number of nitrogens with zero attached hydrogens (tertiary/aromatic N) is 2. The molecule has 0 bridgehead atoms. The molecule has 0 spiro atoms. The number of pyridine rings is 1. The van der Waals surface area contributed by atoms with E-state index in [1.54, 1.807) is 29.2 Å². The van der Waals surface area contributed by atoms with Gasteiger partial charge in [0.1, 0.15) is 12.4 Å². The topological polar surface area (TPSA) is 61.0 Å². The molecule has 0 saturated heterocycles. The van der Waals surface area contributed by atoms with Crippen LogP contribution >= 0.6 is 11.3 Å². The van der Waals surface area contributed by atoms with E-state index in [1.807, 2.05) is 12.1 Å². The van der Waals surface area contributed by atoms with Gasteiger partial charge in [0, 0.05) is 12.7 Å². The van der Waals surface area contributed by atoms with Crippen molar-refractivity contribution in [2.45, 2.75) is 13.2 Å². The third-order valence-electron chi connectivity index (χ3n) is 1.87. The normalized spacial score (nSPS) is 10.2. The van der Waals surface area contributed by atoms with Gasteiger partial charge in [-0.05, 0) is 12.1 Å². The van der Waals surface area contributed by atoms with Crippen molar-refractivity contribution in [1.82, 2.24) is 9.97 Å². The first kappa shape index (κ1) is 10.1. The van der Waals surface area contributed by atoms with E-state index >= 15 is 0 Å². The predicted molar refractivity (Wildman–Crippen MR) is 58.6 cm³/mol. The van der Waals surface area contributed by atoms with Crippen LogP contribution in [0.1, 0.15) is 10.6 Å². The molecule has 2 N–H and O–H groups in total. The summed E-state index contributed by atoms with van der Waals surface area (Å²) in [6.07, 6.45) is 3.48. The first-order chi connectivity index (χ1) is 7.38. The van der Waals surface area contributed by atoms with E-state index in [1.165, 1.54) is 0 Å². The Morgan fingerprint density at radius 1 is 1.33 bits per heavy atom. The van der Waals surface area contributed by atoms with Crippen molar-refractivity contribution in [3.63, 3.8) is 0 Å². The third-order valence-corrected chi connectivity index (χ3v) is 2.62. The zero-order valence-electron chi connectivity index (χ0n) is 8.09. The standard InChI is InChI=1S/C10H11N3OS/c11-3-8-1-2-9(4-13-8)14-6-10-5-12-7-15-10/h1-2,4-5,7H,3,6,11H2. The van der Waals surface area contributed by atoms with Crippen molar-refractivity contribution in [2.75, 3.05) is 0 Å². The smallest absolute Gasteiger partial charge is 0.138 e. The molecule has 0 amide bonds. The van der Waals surface area contributed by atoms with Crippen molar-refractivity contribution in [3.8, 4) is 5.75 Å². The van der Waals surface area contributed by atoms with E-state index in [-0.39, 0.29) is 0 Å². The number of rotatable bonds is 4. The molecule has 2 heterocycles. The van der Waals surface area contributed by atoms with Crippen LogP contribution in [0.25, 0.3) is 0 Å². The van der Waals surface area contributed by atoms with Crippen molar-refractivity contribution in [1.29, 1.82) is 0 Å². The largest absolute Gasteiger partial charge is 0.486 e. The van der Waals surface area contributed by atoms with Crippen LogP contribution in [-0.4, -0.2) is 9.97 Å². The maximum absolute atomic E-state index is 5.52. The molecular formula is C10H11N3OS. The predicted octanol–water partition coefficient (Wildman–Crippen LogP) is 1.58. The molecule has 0 atom stereocenters. The number of nitrogens with two attached hydrogens (primary N) is 1. The molecule has 0 aromatic carbocycles. The molecule has 0 aliphatic heterocycles. The van der Waals surface area contributed by atoms with Crippen molar-refractivity contribution in [3.05, 3.63) is 40.6 Å². The third kappa shape index (κ3) is 2.74. The summed E-state index contributed by atoms with van der Waals surface area (Å²) < 4.78 is 5.52. The van der Waals surface area contributed by atoms with Crippen LogP contribution in [0.2, 0.25) is 0 Å². The van der Waals surface area contributed by atoms with Gasteiger partial charge in [0.25, 0.3) is 0 Å². The summed E-state index contributed by atoms with van der Waals surface area (Å²) in [5, 5.41) is 0. The van der Waals surface area contributed by atoms with Crippen LogP contribution in [0.3, 0.4) is 0 Å². The van der Waals surface area contributed by atoms with Gasteiger partial charge in [-0.3, -0.25) is 9.97 Å². The molecule has 2 rings (SSSR count). The molecule has 78 valence electrons. The molecule has 0 radical (unpaired) electrons. The lowest BCUT2D eigenvalue weighted by Gasteiger charge is -2.03. The van der Waals surface area contributed by atoms with Gasteiger partial charge in [-0.1, -0.05) is 0 Å². The van der Waals surface area contributed by atoms with E-state index in [4.69, 9.17) is 10.5 Å². The van der Waals surface area contributed by atoms with Crippen LogP contribution in [0.5, 0.6) is 5.75 Å². The molecule has 2 aromatic rings. The first-order valence-electron chi connectivity index (χ1n) is 4.53. The Hall–Kier alpha value is -1.46. The van der Waals surface area contributed by atoms with E-state index in [9.17, 15) is 0 Å². The minimum atomic E-state index is 0.453. The highest BCUT2D eigenvalue weighted by Gasteiger charge is 1.98. The Labute approximate surface area is 91.8 Å². The van der Waals surface area contributed by atoms with Crippen molar-refractivity contribution in [2.24, 2.45) is 5.73 Å². The summed E-state index contributed by atoms with van der Waals surface area (Å²) in [6.45, 7) is 0.990. The lowest BCUT2D eigenvalue weighted by Crippen LogP contribution is -1.99. The van der Waals surface area contributed by atoms with Gasteiger partial charge >= 0.3 is 0 Å². The molecule has 0 aliphatic carbocycles. The second-order valence-corrected chi connectivity index (χ2v) is 3.92. The summed E-state index contributed by atoms with van der Waals surface area (Å²) in [4.78, 5) is 9.20. The van der Waals surface area contributed by atoms with E-state index in [0.29, 0.717) is 13.2 Å². The van der Waals surface area contributed by atoms with Gasteiger partial charge in [0.05, 0.1) is 22.3 Å². The number of ether oxygens (including phenoxy) is 1. The lowest BCUT2D eigenvalue weighted by molar-refractivity contribution is 0.308. The molecule has 15 heavy (non-hydrogen) atoms. The fourth-order valence-electron chi connectivity index (χ4n) is 1.08. The number of hydrogen-bond acceptors (Lipinski definition) is 5. The van der Waals surface area contributed by atoms with E-state index in [0.717, 1.165) is 16.3 Å². The first-order valence-corrected chi connectivity index (χ1v) is 5.41. The summed E-state index contributed by atoms with van der Waals surface area (Å²) in [6, 6.07) is 3.73. The Morgan fingerprint density at radius 3 is 2.87 bits per heavy atom. The highest BCUT2D eigenvalue weighted by Crippen LogP contribution is 2.13. The molecule has 0 fully saturated rings. The van der Waals surface area contributed by atoms with Gasteiger partial charge in [-0.25, -0.2) is 0 Å². The van der Waals surface area contributed by atoms with Gasteiger partial charge in [-0.15, -0.1) is 11.3 Å². The summed E-state index contributed by atoms with van der Waals surface area (Å²) in [7, 11) is 0. The van der Waals surface area contributed by atoms with Gasteiger partial charge in [0.15, 0.2) is 0 Å².